The summed E-state index contributed by atoms with van der Waals surface area (Å²) in [6.45, 7) is 5.19. The van der Waals surface area contributed by atoms with Crippen LogP contribution in [0.15, 0.2) is 18.7 Å². The third kappa shape index (κ3) is 1.65. The van der Waals surface area contributed by atoms with Crippen molar-refractivity contribution in [3.63, 3.8) is 0 Å². The van der Waals surface area contributed by atoms with E-state index in [9.17, 15) is 8.78 Å². The van der Waals surface area contributed by atoms with E-state index in [1.54, 1.807) is 29.5 Å². The second kappa shape index (κ2) is 3.51. The number of halogens is 3. The molecule has 0 aliphatic carbocycles. The zero-order valence-corrected chi connectivity index (χ0v) is 8.65. The fraction of sp³-hybridized carbons (Fsp3) is 0.111. The number of allylic oxidation sites excluding steroid dienone is 1. The molecule has 12 heavy (non-hydrogen) atoms. The van der Waals surface area contributed by atoms with Crippen molar-refractivity contribution in [1.29, 1.82) is 0 Å². The number of hydrogen-bond donors (Lipinski definition) is 0. The van der Waals surface area contributed by atoms with E-state index in [0.29, 0.717) is 5.57 Å². The highest BCUT2D eigenvalue weighted by atomic mass is 127. The van der Waals surface area contributed by atoms with E-state index in [1.807, 2.05) is 0 Å². The van der Waals surface area contributed by atoms with E-state index in [0.717, 1.165) is 0 Å². The highest BCUT2D eigenvalue weighted by Crippen LogP contribution is 2.22. The van der Waals surface area contributed by atoms with Crippen LogP contribution in [0.4, 0.5) is 8.78 Å². The summed E-state index contributed by atoms with van der Waals surface area (Å²) in [4.78, 5) is 0. The first-order chi connectivity index (χ1) is 5.54. The molecule has 0 fully saturated rings. The van der Waals surface area contributed by atoms with Crippen molar-refractivity contribution in [1.82, 2.24) is 0 Å². The molecular weight excluding hydrogens is 273 g/mol. The third-order valence-corrected chi connectivity index (χ3v) is 2.33. The standard InChI is InChI=1S/C9H7F2I/c1-5(2)6-3-4-7(12)9(11)8(6)10/h3-4H,1H2,2H3. The van der Waals surface area contributed by atoms with Gasteiger partial charge in [-0.25, -0.2) is 8.78 Å². The van der Waals surface area contributed by atoms with E-state index in [4.69, 9.17) is 0 Å². The summed E-state index contributed by atoms with van der Waals surface area (Å²) in [5.41, 5.74) is 0.774. The molecule has 0 spiro atoms. The lowest BCUT2D eigenvalue weighted by Gasteiger charge is -2.03. The van der Waals surface area contributed by atoms with Crippen LogP contribution in [-0.4, -0.2) is 0 Å². The molecule has 0 saturated heterocycles. The Morgan fingerprint density at radius 2 is 1.92 bits per heavy atom. The number of rotatable bonds is 1. The molecule has 0 aliphatic heterocycles. The van der Waals surface area contributed by atoms with Gasteiger partial charge in [0, 0.05) is 5.56 Å². The van der Waals surface area contributed by atoms with Gasteiger partial charge >= 0.3 is 0 Å². The number of benzene rings is 1. The molecule has 0 aromatic heterocycles. The van der Waals surface area contributed by atoms with Crippen molar-refractivity contribution in [2.75, 3.05) is 0 Å². The van der Waals surface area contributed by atoms with Crippen LogP contribution >= 0.6 is 22.6 Å². The van der Waals surface area contributed by atoms with Crippen molar-refractivity contribution < 1.29 is 8.78 Å². The van der Waals surface area contributed by atoms with Crippen molar-refractivity contribution in [2.24, 2.45) is 0 Å². The third-order valence-electron chi connectivity index (χ3n) is 1.49. The molecule has 0 bridgehead atoms. The number of hydrogen-bond acceptors (Lipinski definition) is 0. The lowest BCUT2D eigenvalue weighted by atomic mass is 10.1. The summed E-state index contributed by atoms with van der Waals surface area (Å²) >= 11 is 1.75. The minimum Gasteiger partial charge on any atom is -0.203 e. The van der Waals surface area contributed by atoms with Crippen molar-refractivity contribution >= 4 is 28.2 Å². The van der Waals surface area contributed by atoms with Gasteiger partial charge in [0.25, 0.3) is 0 Å². The Morgan fingerprint density at radius 1 is 1.33 bits per heavy atom. The smallest absolute Gasteiger partial charge is 0.172 e. The van der Waals surface area contributed by atoms with Crippen LogP contribution < -0.4 is 0 Å². The maximum absolute atomic E-state index is 13.1. The predicted octanol–water partition coefficient (Wildman–Crippen LogP) is 3.60. The average Bonchev–Trinajstić information content (AvgIpc) is 2.00. The largest absolute Gasteiger partial charge is 0.203 e. The monoisotopic (exact) mass is 280 g/mol. The van der Waals surface area contributed by atoms with Crippen LogP contribution in [0.3, 0.4) is 0 Å². The zero-order chi connectivity index (χ0) is 9.30. The fourth-order valence-electron chi connectivity index (χ4n) is 0.856. The quantitative estimate of drug-likeness (QED) is 0.544. The lowest BCUT2D eigenvalue weighted by Crippen LogP contribution is -1.93. The summed E-state index contributed by atoms with van der Waals surface area (Å²) in [5.74, 6) is -1.61. The average molecular weight is 280 g/mol. The summed E-state index contributed by atoms with van der Waals surface area (Å²) < 4.78 is 26.3. The Bertz CT molecular complexity index is 332. The second-order valence-corrected chi connectivity index (χ2v) is 3.67. The molecule has 3 heteroatoms. The van der Waals surface area contributed by atoms with Gasteiger partial charge in [0.1, 0.15) is 0 Å². The van der Waals surface area contributed by atoms with Gasteiger partial charge in [-0.15, -0.1) is 0 Å². The SMILES string of the molecule is C=C(C)c1ccc(I)c(F)c1F. The summed E-state index contributed by atoms with van der Waals surface area (Å²) in [6, 6.07) is 3.06. The minimum absolute atomic E-state index is 0.243. The molecule has 0 aliphatic rings. The van der Waals surface area contributed by atoms with Gasteiger partial charge in [-0.05, 0) is 41.2 Å². The second-order valence-electron chi connectivity index (χ2n) is 2.50. The van der Waals surface area contributed by atoms with Crippen LogP contribution in [0.2, 0.25) is 0 Å². The van der Waals surface area contributed by atoms with Crippen LogP contribution in [0.5, 0.6) is 0 Å². The van der Waals surface area contributed by atoms with E-state index in [2.05, 4.69) is 6.58 Å². The van der Waals surface area contributed by atoms with E-state index >= 15 is 0 Å². The topological polar surface area (TPSA) is 0 Å². The highest BCUT2D eigenvalue weighted by Gasteiger charge is 2.11. The molecule has 1 aromatic carbocycles. The lowest BCUT2D eigenvalue weighted by molar-refractivity contribution is 0.501. The Morgan fingerprint density at radius 3 is 2.42 bits per heavy atom. The van der Waals surface area contributed by atoms with Crippen LogP contribution in [0, 0.1) is 15.2 Å². The summed E-state index contributed by atoms with van der Waals surface area (Å²) in [6.07, 6.45) is 0. The first kappa shape index (κ1) is 9.64. The molecule has 1 rings (SSSR count). The van der Waals surface area contributed by atoms with E-state index in [-0.39, 0.29) is 9.13 Å². The van der Waals surface area contributed by atoms with Crippen LogP contribution in [0.1, 0.15) is 12.5 Å². The first-order valence-electron chi connectivity index (χ1n) is 3.33. The van der Waals surface area contributed by atoms with Crippen molar-refractivity contribution in [3.8, 4) is 0 Å². The Kier molecular flexibility index (Phi) is 2.82. The fourth-order valence-corrected chi connectivity index (χ4v) is 1.27. The molecule has 0 N–H and O–H groups in total. The van der Waals surface area contributed by atoms with Gasteiger partial charge in [0.15, 0.2) is 11.6 Å². The van der Waals surface area contributed by atoms with Gasteiger partial charge in [-0.2, -0.15) is 0 Å². The minimum atomic E-state index is -0.811. The van der Waals surface area contributed by atoms with Gasteiger partial charge in [-0.3, -0.25) is 0 Å². The molecule has 0 atom stereocenters. The Balaban J connectivity index is 3.36. The van der Waals surface area contributed by atoms with Crippen LogP contribution in [0.25, 0.3) is 5.57 Å². The van der Waals surface area contributed by atoms with Crippen molar-refractivity contribution in [2.45, 2.75) is 6.92 Å². The van der Waals surface area contributed by atoms with Crippen LogP contribution in [-0.2, 0) is 0 Å². The summed E-state index contributed by atoms with van der Waals surface area (Å²) in [5, 5.41) is 0. The molecule has 64 valence electrons. The van der Waals surface area contributed by atoms with Gasteiger partial charge in [0.05, 0.1) is 3.57 Å². The van der Waals surface area contributed by atoms with Gasteiger partial charge < -0.3 is 0 Å². The van der Waals surface area contributed by atoms with E-state index < -0.39 is 11.6 Å². The van der Waals surface area contributed by atoms with Gasteiger partial charge in [-0.1, -0.05) is 12.6 Å². The molecule has 0 heterocycles. The molecule has 0 radical (unpaired) electrons. The zero-order valence-electron chi connectivity index (χ0n) is 6.50. The van der Waals surface area contributed by atoms with Gasteiger partial charge in [0.2, 0.25) is 0 Å². The Labute approximate surface area is 83.4 Å². The molecular formula is C9H7F2I. The molecule has 0 nitrogen and oxygen atoms in total. The Hall–Kier alpha value is -0.450. The maximum Gasteiger partial charge on any atom is 0.172 e. The predicted molar refractivity (Wildman–Crippen MR) is 53.8 cm³/mol. The van der Waals surface area contributed by atoms with E-state index in [1.165, 1.54) is 12.1 Å². The molecule has 0 unspecified atom stereocenters. The van der Waals surface area contributed by atoms with Crippen molar-refractivity contribution in [3.05, 3.63) is 39.5 Å². The first-order valence-corrected chi connectivity index (χ1v) is 4.41. The molecule has 0 saturated carbocycles. The normalized spacial score (nSPS) is 10.0. The molecule has 1 aromatic rings. The molecule has 0 amide bonds. The highest BCUT2D eigenvalue weighted by molar-refractivity contribution is 14.1. The maximum atomic E-state index is 13.1. The summed E-state index contributed by atoms with van der Waals surface area (Å²) in [7, 11) is 0.